The molecule has 1 fully saturated rings. The number of ether oxygens (including phenoxy) is 1. The van der Waals surface area contributed by atoms with E-state index in [9.17, 15) is 9.18 Å². The predicted octanol–water partition coefficient (Wildman–Crippen LogP) is 0.900. The summed E-state index contributed by atoms with van der Waals surface area (Å²) in [6.07, 6.45) is -1.30. The molecule has 1 aliphatic rings. The molecule has 0 saturated carbocycles. The van der Waals surface area contributed by atoms with Crippen LogP contribution in [0.5, 0.6) is 0 Å². The highest BCUT2D eigenvalue weighted by molar-refractivity contribution is 5.96. The summed E-state index contributed by atoms with van der Waals surface area (Å²) in [4.78, 5) is 11.0. The molecule has 0 radical (unpaired) electrons. The Bertz CT molecular complexity index is 475. The second-order valence-electron chi connectivity index (χ2n) is 3.84. The molecule has 96 valence electrons. The Morgan fingerprint density at radius 3 is 2.72 bits per heavy atom. The lowest BCUT2D eigenvalue weighted by molar-refractivity contribution is 0.128. The van der Waals surface area contributed by atoms with Crippen LogP contribution in [0.4, 0.5) is 9.18 Å². The van der Waals surface area contributed by atoms with Gasteiger partial charge < -0.3 is 21.0 Å². The van der Waals surface area contributed by atoms with Crippen molar-refractivity contribution in [3.63, 3.8) is 0 Å². The maximum Gasteiger partial charge on any atom is 0.408 e. The standard InChI is InChI=1S/C11H12FN3O3/c12-5-8-9(18-11(16)14-8)6-1-3-7(4-2-6)10(13)15-17/h1-4,8-9,17H,5H2,(H2,13,15)(H,14,16)/t8-,9-/m1/s1. The second-order valence-corrected chi connectivity index (χ2v) is 3.84. The smallest absolute Gasteiger partial charge is 0.408 e. The van der Waals surface area contributed by atoms with Crippen molar-refractivity contribution < 1.29 is 19.1 Å². The molecule has 1 aromatic rings. The van der Waals surface area contributed by atoms with E-state index < -0.39 is 24.9 Å². The van der Waals surface area contributed by atoms with Crippen LogP contribution in [0.3, 0.4) is 0 Å². The Morgan fingerprint density at radius 1 is 1.50 bits per heavy atom. The number of cyclic esters (lactones) is 1. The van der Waals surface area contributed by atoms with Crippen molar-refractivity contribution in [1.29, 1.82) is 0 Å². The Morgan fingerprint density at radius 2 is 2.17 bits per heavy atom. The lowest BCUT2D eigenvalue weighted by Gasteiger charge is -2.14. The summed E-state index contributed by atoms with van der Waals surface area (Å²) >= 11 is 0. The minimum atomic E-state index is -0.710. The van der Waals surface area contributed by atoms with Crippen molar-refractivity contribution in [3.05, 3.63) is 35.4 Å². The third-order valence-corrected chi connectivity index (χ3v) is 2.71. The molecule has 2 rings (SSSR count). The van der Waals surface area contributed by atoms with Gasteiger partial charge in [0.25, 0.3) is 0 Å². The van der Waals surface area contributed by atoms with Gasteiger partial charge in [0.1, 0.15) is 12.7 Å². The van der Waals surface area contributed by atoms with E-state index in [0.717, 1.165) is 0 Å². The first kappa shape index (κ1) is 12.2. The molecule has 7 heteroatoms. The van der Waals surface area contributed by atoms with Crippen LogP contribution in [-0.2, 0) is 4.74 Å². The number of nitrogens with two attached hydrogens (primary N) is 1. The summed E-state index contributed by atoms with van der Waals surface area (Å²) in [6.45, 7) is -0.710. The van der Waals surface area contributed by atoms with Gasteiger partial charge >= 0.3 is 6.09 Å². The van der Waals surface area contributed by atoms with E-state index in [1.807, 2.05) is 0 Å². The number of hydrogen-bond acceptors (Lipinski definition) is 4. The zero-order valence-corrected chi connectivity index (χ0v) is 9.34. The van der Waals surface area contributed by atoms with E-state index in [0.29, 0.717) is 11.1 Å². The van der Waals surface area contributed by atoms with Crippen LogP contribution in [0.2, 0.25) is 0 Å². The molecule has 4 N–H and O–H groups in total. The number of carbonyl (C=O) groups is 1. The summed E-state index contributed by atoms with van der Waals surface area (Å²) in [6, 6.07) is 5.80. The molecular weight excluding hydrogens is 241 g/mol. The number of hydrogen-bond donors (Lipinski definition) is 3. The average Bonchev–Trinajstić information content (AvgIpc) is 2.79. The Balaban J connectivity index is 2.21. The number of benzene rings is 1. The summed E-state index contributed by atoms with van der Waals surface area (Å²) < 4.78 is 17.7. The molecular formula is C11H12FN3O3. The summed E-state index contributed by atoms with van der Waals surface area (Å²) in [5, 5.41) is 13.8. The number of oxime groups is 1. The molecule has 0 aliphatic carbocycles. The van der Waals surface area contributed by atoms with Crippen LogP contribution in [0, 0.1) is 0 Å². The second kappa shape index (κ2) is 4.91. The fourth-order valence-electron chi connectivity index (χ4n) is 1.78. The highest BCUT2D eigenvalue weighted by atomic mass is 19.1. The number of nitrogens with one attached hydrogen (secondary N) is 1. The Hall–Kier alpha value is -2.31. The van der Waals surface area contributed by atoms with Gasteiger partial charge in [-0.1, -0.05) is 29.4 Å². The quantitative estimate of drug-likeness (QED) is 0.322. The van der Waals surface area contributed by atoms with Crippen molar-refractivity contribution in [2.24, 2.45) is 10.9 Å². The first-order chi connectivity index (χ1) is 8.65. The molecule has 1 amide bonds. The molecule has 0 unspecified atom stereocenters. The van der Waals surface area contributed by atoms with E-state index >= 15 is 0 Å². The fourth-order valence-corrected chi connectivity index (χ4v) is 1.78. The van der Waals surface area contributed by atoms with Gasteiger partial charge in [-0.25, -0.2) is 9.18 Å². The number of alkyl halides is 1. The van der Waals surface area contributed by atoms with Crippen molar-refractivity contribution in [2.75, 3.05) is 6.67 Å². The maximum atomic E-state index is 12.7. The number of rotatable bonds is 3. The summed E-state index contributed by atoms with van der Waals surface area (Å²) in [5.74, 6) is -0.0230. The van der Waals surface area contributed by atoms with Gasteiger partial charge in [-0.2, -0.15) is 0 Å². The van der Waals surface area contributed by atoms with Crippen molar-refractivity contribution in [1.82, 2.24) is 5.32 Å². The Labute approximate surface area is 102 Å². The van der Waals surface area contributed by atoms with Gasteiger partial charge in [-0.05, 0) is 5.56 Å². The molecule has 0 spiro atoms. The molecule has 0 aromatic heterocycles. The molecule has 18 heavy (non-hydrogen) atoms. The van der Waals surface area contributed by atoms with Crippen LogP contribution in [-0.4, -0.2) is 29.9 Å². The van der Waals surface area contributed by atoms with Gasteiger partial charge in [-0.15, -0.1) is 0 Å². The van der Waals surface area contributed by atoms with Crippen LogP contribution >= 0.6 is 0 Å². The van der Waals surface area contributed by atoms with Gasteiger partial charge in [-0.3, -0.25) is 0 Å². The highest BCUT2D eigenvalue weighted by Crippen LogP contribution is 2.26. The van der Waals surface area contributed by atoms with E-state index in [1.165, 1.54) is 0 Å². The van der Waals surface area contributed by atoms with Gasteiger partial charge in [0.15, 0.2) is 11.9 Å². The first-order valence-electron chi connectivity index (χ1n) is 5.26. The summed E-state index contributed by atoms with van der Waals surface area (Å²) in [5.41, 5.74) is 6.58. The van der Waals surface area contributed by atoms with Crippen molar-refractivity contribution in [2.45, 2.75) is 12.1 Å². The molecule has 0 bridgehead atoms. The Kier molecular flexibility index (Phi) is 3.31. The maximum absolute atomic E-state index is 12.7. The number of nitrogens with zero attached hydrogens (tertiary/aromatic N) is 1. The first-order valence-corrected chi connectivity index (χ1v) is 5.26. The molecule has 1 saturated heterocycles. The largest absolute Gasteiger partial charge is 0.439 e. The number of halogens is 1. The molecule has 1 aromatic carbocycles. The monoisotopic (exact) mass is 253 g/mol. The number of amides is 1. The average molecular weight is 253 g/mol. The van der Waals surface area contributed by atoms with E-state index in [2.05, 4.69) is 10.5 Å². The minimum Gasteiger partial charge on any atom is -0.439 e. The molecule has 6 nitrogen and oxygen atoms in total. The third kappa shape index (κ3) is 2.20. The third-order valence-electron chi connectivity index (χ3n) is 2.71. The number of carbonyl (C=O) groups excluding carboxylic acids is 1. The van der Waals surface area contributed by atoms with E-state index in [1.54, 1.807) is 24.3 Å². The molecule has 2 atom stereocenters. The zero-order valence-electron chi connectivity index (χ0n) is 9.34. The van der Waals surface area contributed by atoms with Crippen molar-refractivity contribution >= 4 is 11.9 Å². The molecule has 1 heterocycles. The van der Waals surface area contributed by atoms with Gasteiger partial charge in [0.2, 0.25) is 0 Å². The number of alkyl carbamates (subject to hydrolysis) is 1. The SMILES string of the molecule is N/C(=N\O)c1ccc([C@H]2OC(=O)N[C@@H]2CF)cc1. The van der Waals surface area contributed by atoms with Gasteiger partial charge in [0, 0.05) is 5.56 Å². The number of amidine groups is 1. The fraction of sp³-hybridized carbons (Fsp3) is 0.273. The zero-order chi connectivity index (χ0) is 13.1. The topological polar surface area (TPSA) is 96.9 Å². The van der Waals surface area contributed by atoms with E-state index in [-0.39, 0.29) is 5.84 Å². The predicted molar refractivity (Wildman–Crippen MR) is 61.1 cm³/mol. The van der Waals surface area contributed by atoms with Crippen LogP contribution < -0.4 is 11.1 Å². The lowest BCUT2D eigenvalue weighted by Crippen LogP contribution is -2.29. The summed E-state index contributed by atoms with van der Waals surface area (Å²) in [7, 11) is 0. The highest BCUT2D eigenvalue weighted by Gasteiger charge is 2.35. The van der Waals surface area contributed by atoms with Gasteiger partial charge in [0.05, 0.1) is 0 Å². The molecule has 1 aliphatic heterocycles. The van der Waals surface area contributed by atoms with Crippen LogP contribution in [0.15, 0.2) is 29.4 Å². The minimum absolute atomic E-state index is 0.0230. The lowest BCUT2D eigenvalue weighted by atomic mass is 10.0. The van der Waals surface area contributed by atoms with Crippen LogP contribution in [0.25, 0.3) is 0 Å². The van der Waals surface area contributed by atoms with E-state index in [4.69, 9.17) is 15.7 Å². The van der Waals surface area contributed by atoms with Crippen molar-refractivity contribution in [3.8, 4) is 0 Å². The normalized spacial score (nSPS) is 23.6. The van der Waals surface area contributed by atoms with Crippen LogP contribution in [0.1, 0.15) is 17.2 Å².